The van der Waals surface area contributed by atoms with Crippen molar-refractivity contribution in [1.29, 1.82) is 0 Å². The molecule has 1 aromatic rings. The number of carbonyl (C=O) groups is 2. The van der Waals surface area contributed by atoms with Crippen molar-refractivity contribution in [2.75, 3.05) is 16.8 Å². The average molecular weight is 307 g/mol. The van der Waals surface area contributed by atoms with Crippen LogP contribution in [0.25, 0.3) is 0 Å². The van der Waals surface area contributed by atoms with Crippen molar-refractivity contribution in [1.82, 2.24) is 0 Å². The predicted molar refractivity (Wildman–Crippen MR) is 86.6 cm³/mol. The average Bonchev–Trinajstić information content (AvgIpc) is 2.36. The lowest BCUT2D eigenvalue weighted by molar-refractivity contribution is 0.0999. The SMILES string of the molecule is CC1(C)CSCC(Nc2cc(C(N)=O)cc(C(N)=O)c2)C1. The van der Waals surface area contributed by atoms with Gasteiger partial charge in [0.1, 0.15) is 0 Å². The number of thioether (sulfide) groups is 1. The highest BCUT2D eigenvalue weighted by atomic mass is 32.2. The van der Waals surface area contributed by atoms with Crippen molar-refractivity contribution < 1.29 is 9.59 Å². The quantitative estimate of drug-likeness (QED) is 0.790. The minimum absolute atomic E-state index is 0.272. The van der Waals surface area contributed by atoms with Crippen molar-refractivity contribution in [3.05, 3.63) is 29.3 Å². The molecule has 1 fully saturated rings. The summed E-state index contributed by atoms with van der Waals surface area (Å²) in [5, 5.41) is 3.39. The van der Waals surface area contributed by atoms with E-state index < -0.39 is 11.8 Å². The van der Waals surface area contributed by atoms with Gasteiger partial charge in [-0.3, -0.25) is 9.59 Å². The highest BCUT2D eigenvalue weighted by Gasteiger charge is 2.28. The van der Waals surface area contributed by atoms with E-state index in [0.717, 1.165) is 17.9 Å². The standard InChI is InChI=1S/C15H21N3O2S/c1-15(2)6-12(7-21-8-15)18-11-4-9(13(16)19)3-10(5-11)14(17)20/h3-5,12,18H,6-8H2,1-2H3,(H2,16,19)(H2,17,20). The first kappa shape index (κ1) is 15.7. The van der Waals surface area contributed by atoms with E-state index in [4.69, 9.17) is 11.5 Å². The number of benzene rings is 1. The second-order valence-corrected chi connectivity index (χ2v) is 7.28. The Morgan fingerprint density at radius 2 is 1.76 bits per heavy atom. The van der Waals surface area contributed by atoms with Crippen LogP contribution in [0.5, 0.6) is 0 Å². The molecule has 0 radical (unpaired) electrons. The number of hydrogen-bond donors (Lipinski definition) is 3. The van der Waals surface area contributed by atoms with Crippen LogP contribution in [-0.2, 0) is 0 Å². The molecule has 0 saturated carbocycles. The Labute approximate surface area is 128 Å². The fourth-order valence-electron chi connectivity index (χ4n) is 2.59. The van der Waals surface area contributed by atoms with Gasteiger partial charge in [0, 0.05) is 28.6 Å². The molecule has 0 spiro atoms. The maximum atomic E-state index is 11.4. The van der Waals surface area contributed by atoms with Gasteiger partial charge in [0.15, 0.2) is 0 Å². The van der Waals surface area contributed by atoms with E-state index in [1.807, 2.05) is 11.8 Å². The van der Waals surface area contributed by atoms with Gasteiger partial charge in [-0.1, -0.05) is 13.8 Å². The number of nitrogens with one attached hydrogen (secondary N) is 1. The van der Waals surface area contributed by atoms with E-state index >= 15 is 0 Å². The highest BCUT2D eigenvalue weighted by molar-refractivity contribution is 7.99. The molecule has 1 heterocycles. The molecule has 0 aliphatic carbocycles. The van der Waals surface area contributed by atoms with E-state index in [-0.39, 0.29) is 16.5 Å². The van der Waals surface area contributed by atoms with Crippen molar-refractivity contribution in [3.63, 3.8) is 0 Å². The number of rotatable bonds is 4. The Bertz CT molecular complexity index is 540. The van der Waals surface area contributed by atoms with Crippen LogP contribution in [-0.4, -0.2) is 29.4 Å². The second-order valence-electron chi connectivity index (χ2n) is 6.25. The zero-order chi connectivity index (χ0) is 15.6. The molecule has 2 rings (SSSR count). The molecule has 1 atom stereocenters. The Balaban J connectivity index is 2.22. The van der Waals surface area contributed by atoms with Crippen molar-refractivity contribution >= 4 is 29.3 Å². The molecular formula is C15H21N3O2S. The molecule has 21 heavy (non-hydrogen) atoms. The monoisotopic (exact) mass is 307 g/mol. The normalized spacial score (nSPS) is 20.8. The number of nitrogens with two attached hydrogens (primary N) is 2. The molecular weight excluding hydrogens is 286 g/mol. The van der Waals surface area contributed by atoms with Crippen molar-refractivity contribution in [2.24, 2.45) is 16.9 Å². The number of anilines is 1. The third kappa shape index (κ3) is 4.14. The lowest BCUT2D eigenvalue weighted by atomic mass is 9.87. The van der Waals surface area contributed by atoms with Gasteiger partial charge in [-0.15, -0.1) is 0 Å². The Hall–Kier alpha value is -1.69. The van der Waals surface area contributed by atoms with Crippen molar-refractivity contribution in [3.8, 4) is 0 Å². The van der Waals surface area contributed by atoms with Crippen LogP contribution in [0.3, 0.4) is 0 Å². The van der Waals surface area contributed by atoms with Crippen LogP contribution in [0.1, 0.15) is 41.0 Å². The summed E-state index contributed by atoms with van der Waals surface area (Å²) in [4.78, 5) is 22.7. The smallest absolute Gasteiger partial charge is 0.248 e. The largest absolute Gasteiger partial charge is 0.381 e. The van der Waals surface area contributed by atoms with Gasteiger partial charge in [0.05, 0.1) is 0 Å². The third-order valence-corrected chi connectivity index (χ3v) is 5.11. The summed E-state index contributed by atoms with van der Waals surface area (Å²) in [6, 6.07) is 5.06. The molecule has 1 aromatic carbocycles. The molecule has 0 bridgehead atoms. The van der Waals surface area contributed by atoms with E-state index in [0.29, 0.717) is 11.7 Å². The fourth-order valence-corrected chi connectivity index (χ4v) is 3.86. The van der Waals surface area contributed by atoms with E-state index in [2.05, 4.69) is 19.2 Å². The Morgan fingerprint density at radius 1 is 1.19 bits per heavy atom. The molecule has 6 heteroatoms. The minimum atomic E-state index is -0.570. The van der Waals surface area contributed by atoms with Gasteiger partial charge >= 0.3 is 0 Å². The van der Waals surface area contributed by atoms with Gasteiger partial charge in [0.2, 0.25) is 11.8 Å². The molecule has 5 nitrogen and oxygen atoms in total. The first-order valence-corrected chi connectivity index (χ1v) is 8.01. The fraction of sp³-hybridized carbons (Fsp3) is 0.467. The third-order valence-electron chi connectivity index (χ3n) is 3.48. The lowest BCUT2D eigenvalue weighted by Gasteiger charge is -2.35. The molecule has 1 saturated heterocycles. The second kappa shape index (κ2) is 5.97. The van der Waals surface area contributed by atoms with Gasteiger partial charge in [0.25, 0.3) is 0 Å². The summed E-state index contributed by atoms with van der Waals surface area (Å²) < 4.78 is 0. The van der Waals surface area contributed by atoms with Crippen LogP contribution in [0, 0.1) is 5.41 Å². The number of hydrogen-bond acceptors (Lipinski definition) is 4. The molecule has 1 aliphatic rings. The van der Waals surface area contributed by atoms with E-state index in [1.54, 1.807) is 12.1 Å². The first-order valence-electron chi connectivity index (χ1n) is 6.86. The highest BCUT2D eigenvalue weighted by Crippen LogP contribution is 2.34. The zero-order valence-electron chi connectivity index (χ0n) is 12.3. The lowest BCUT2D eigenvalue weighted by Crippen LogP contribution is -2.35. The summed E-state index contributed by atoms with van der Waals surface area (Å²) >= 11 is 1.90. The maximum Gasteiger partial charge on any atom is 0.248 e. The summed E-state index contributed by atoms with van der Waals surface area (Å²) in [6.45, 7) is 4.48. The number of primary amides is 2. The van der Waals surface area contributed by atoms with Crippen LogP contribution in [0.2, 0.25) is 0 Å². The first-order chi connectivity index (χ1) is 9.77. The molecule has 2 amide bonds. The summed E-state index contributed by atoms with van der Waals surface area (Å²) in [5.41, 5.74) is 12.2. The number of amides is 2. The van der Waals surface area contributed by atoms with Crippen molar-refractivity contribution in [2.45, 2.75) is 26.3 Å². The summed E-state index contributed by atoms with van der Waals surface area (Å²) in [5.74, 6) is 0.994. The van der Waals surface area contributed by atoms with Crippen LogP contribution in [0.15, 0.2) is 18.2 Å². The Morgan fingerprint density at radius 3 is 2.24 bits per heavy atom. The predicted octanol–water partition coefficient (Wildman–Crippen LogP) is 1.83. The minimum Gasteiger partial charge on any atom is -0.381 e. The van der Waals surface area contributed by atoms with E-state index in [9.17, 15) is 9.59 Å². The molecule has 5 N–H and O–H groups in total. The van der Waals surface area contributed by atoms with E-state index in [1.165, 1.54) is 6.07 Å². The molecule has 114 valence electrons. The number of carbonyl (C=O) groups excluding carboxylic acids is 2. The van der Waals surface area contributed by atoms with Crippen LogP contribution in [0.4, 0.5) is 5.69 Å². The summed E-state index contributed by atoms with van der Waals surface area (Å²) in [7, 11) is 0. The van der Waals surface area contributed by atoms with Gasteiger partial charge < -0.3 is 16.8 Å². The molecule has 1 unspecified atom stereocenters. The van der Waals surface area contributed by atoms with Gasteiger partial charge in [-0.05, 0) is 35.8 Å². The maximum absolute atomic E-state index is 11.4. The zero-order valence-corrected chi connectivity index (χ0v) is 13.1. The topological polar surface area (TPSA) is 98.2 Å². The van der Waals surface area contributed by atoms with Gasteiger partial charge in [-0.2, -0.15) is 11.8 Å². The summed E-state index contributed by atoms with van der Waals surface area (Å²) in [6.07, 6.45) is 1.03. The van der Waals surface area contributed by atoms with Crippen LogP contribution < -0.4 is 16.8 Å². The molecule has 1 aliphatic heterocycles. The van der Waals surface area contributed by atoms with Gasteiger partial charge in [-0.25, -0.2) is 0 Å². The van der Waals surface area contributed by atoms with Crippen LogP contribution >= 0.6 is 11.8 Å². The molecule has 0 aromatic heterocycles. The Kier molecular flexibility index (Phi) is 4.46.